The number of hydrazine groups is 1. The fraction of sp³-hybridized carbons (Fsp3) is 0.333. The van der Waals surface area contributed by atoms with Crippen LogP contribution < -0.4 is 15.6 Å². The van der Waals surface area contributed by atoms with Gasteiger partial charge in [0.05, 0.1) is 19.6 Å². The summed E-state index contributed by atoms with van der Waals surface area (Å²) in [6, 6.07) is 10.1. The molecule has 0 spiro atoms. The third-order valence-corrected chi connectivity index (χ3v) is 8.04. The molecule has 12 heteroatoms. The van der Waals surface area contributed by atoms with Crippen LogP contribution in [0.1, 0.15) is 4.88 Å². The summed E-state index contributed by atoms with van der Waals surface area (Å²) in [6.45, 7) is 1.09. The Morgan fingerprint density at radius 2 is 1.73 bits per heavy atom. The Morgan fingerprint density at radius 3 is 2.43 bits per heavy atom. The van der Waals surface area contributed by atoms with Crippen LogP contribution >= 0.6 is 27.3 Å². The monoisotopic (exact) mass is 517 g/mol. The maximum atomic E-state index is 12.6. The van der Waals surface area contributed by atoms with Gasteiger partial charge >= 0.3 is 0 Å². The summed E-state index contributed by atoms with van der Waals surface area (Å²) in [7, 11) is -3.59. The molecule has 162 valence electrons. The molecule has 0 atom stereocenters. The summed E-state index contributed by atoms with van der Waals surface area (Å²) in [4.78, 5) is 24.4. The third kappa shape index (κ3) is 6.25. The molecule has 2 aromatic rings. The standard InChI is InChI=1S/C18H20BrN3O6S2/c19-13-1-3-14(4-2-13)28-12-17(24)21-20-16(23)11-15-5-6-18(29-15)30(25,26)22-7-9-27-10-8-22/h1-6H,7-12H2,(H,20,23)(H,21,24). The highest BCUT2D eigenvalue weighted by molar-refractivity contribution is 9.10. The van der Waals surface area contributed by atoms with Crippen molar-refractivity contribution in [2.75, 3.05) is 32.9 Å². The summed E-state index contributed by atoms with van der Waals surface area (Å²) >= 11 is 4.34. The number of morpholine rings is 1. The van der Waals surface area contributed by atoms with E-state index in [1.54, 1.807) is 30.3 Å². The van der Waals surface area contributed by atoms with Crippen molar-refractivity contribution in [3.63, 3.8) is 0 Å². The number of nitrogens with one attached hydrogen (secondary N) is 2. The lowest BCUT2D eigenvalue weighted by atomic mass is 10.3. The first-order chi connectivity index (χ1) is 14.3. The van der Waals surface area contributed by atoms with Crippen molar-refractivity contribution >= 4 is 49.1 Å². The molecular formula is C18H20BrN3O6S2. The second kappa shape index (κ2) is 10.4. The highest BCUT2D eigenvalue weighted by atomic mass is 79.9. The van der Waals surface area contributed by atoms with Gasteiger partial charge < -0.3 is 9.47 Å². The molecule has 1 aliphatic heterocycles. The first kappa shape index (κ1) is 22.7. The maximum absolute atomic E-state index is 12.6. The van der Waals surface area contributed by atoms with Crippen LogP contribution in [0.4, 0.5) is 0 Å². The second-order valence-electron chi connectivity index (χ2n) is 6.25. The van der Waals surface area contributed by atoms with Crippen LogP contribution in [0, 0.1) is 0 Å². The summed E-state index contributed by atoms with van der Waals surface area (Å²) in [5.41, 5.74) is 4.56. The molecule has 1 saturated heterocycles. The molecule has 0 bridgehead atoms. The Morgan fingerprint density at radius 1 is 1.07 bits per heavy atom. The number of nitrogens with zero attached hydrogens (tertiary/aromatic N) is 1. The van der Waals surface area contributed by atoms with Crippen LogP contribution in [0.2, 0.25) is 0 Å². The van der Waals surface area contributed by atoms with E-state index in [9.17, 15) is 18.0 Å². The Hall–Kier alpha value is -1.99. The lowest BCUT2D eigenvalue weighted by molar-refractivity contribution is -0.129. The quantitative estimate of drug-likeness (QED) is 0.535. The molecule has 2 amide bonds. The van der Waals surface area contributed by atoms with E-state index < -0.39 is 21.8 Å². The van der Waals surface area contributed by atoms with Gasteiger partial charge in [-0.05, 0) is 36.4 Å². The fourth-order valence-corrected chi connectivity index (χ4v) is 5.74. The third-order valence-electron chi connectivity index (χ3n) is 4.06. The number of sulfonamides is 1. The Balaban J connectivity index is 1.44. The van der Waals surface area contributed by atoms with Crippen molar-refractivity contribution in [1.82, 2.24) is 15.2 Å². The van der Waals surface area contributed by atoms with Gasteiger partial charge in [0, 0.05) is 22.4 Å². The number of rotatable bonds is 7. The largest absolute Gasteiger partial charge is 0.484 e. The van der Waals surface area contributed by atoms with Crippen molar-refractivity contribution in [3.8, 4) is 5.75 Å². The number of ether oxygens (including phenoxy) is 2. The predicted molar refractivity (Wildman–Crippen MR) is 114 cm³/mol. The lowest BCUT2D eigenvalue weighted by Crippen LogP contribution is -2.44. The lowest BCUT2D eigenvalue weighted by Gasteiger charge is -2.25. The second-order valence-corrected chi connectivity index (χ2v) is 10.5. The zero-order valence-electron chi connectivity index (χ0n) is 15.8. The summed E-state index contributed by atoms with van der Waals surface area (Å²) in [5.74, 6) is -0.468. The van der Waals surface area contributed by atoms with Gasteiger partial charge in [0.25, 0.3) is 15.9 Å². The molecule has 1 fully saturated rings. The number of benzene rings is 1. The number of halogens is 1. The number of hydrogen-bond donors (Lipinski definition) is 2. The van der Waals surface area contributed by atoms with E-state index in [1.165, 1.54) is 10.4 Å². The fourth-order valence-electron chi connectivity index (χ4n) is 2.56. The summed E-state index contributed by atoms with van der Waals surface area (Å²) < 4.78 is 38.2. The molecule has 0 aliphatic carbocycles. The smallest absolute Gasteiger partial charge is 0.276 e. The Kier molecular flexibility index (Phi) is 7.83. The first-order valence-electron chi connectivity index (χ1n) is 8.97. The van der Waals surface area contributed by atoms with Crippen molar-refractivity contribution in [2.24, 2.45) is 0 Å². The van der Waals surface area contributed by atoms with Crippen LogP contribution in [0.5, 0.6) is 5.75 Å². The van der Waals surface area contributed by atoms with E-state index in [0.29, 0.717) is 36.9 Å². The van der Waals surface area contributed by atoms with Crippen molar-refractivity contribution < 1.29 is 27.5 Å². The molecule has 1 aromatic heterocycles. The van der Waals surface area contributed by atoms with Crippen LogP contribution in [-0.2, 0) is 30.8 Å². The predicted octanol–water partition coefficient (Wildman–Crippen LogP) is 1.30. The van der Waals surface area contributed by atoms with Crippen molar-refractivity contribution in [2.45, 2.75) is 10.6 Å². The van der Waals surface area contributed by atoms with Crippen LogP contribution in [0.3, 0.4) is 0 Å². The molecule has 1 aromatic carbocycles. The van der Waals surface area contributed by atoms with E-state index in [1.807, 2.05) is 0 Å². The van der Waals surface area contributed by atoms with Gasteiger partial charge in [-0.3, -0.25) is 20.4 Å². The van der Waals surface area contributed by atoms with E-state index in [-0.39, 0.29) is 17.2 Å². The SMILES string of the molecule is O=C(COc1ccc(Br)cc1)NNC(=O)Cc1ccc(S(=O)(=O)N2CCOCC2)s1. The van der Waals surface area contributed by atoms with Gasteiger partial charge in [-0.25, -0.2) is 8.42 Å². The number of thiophene rings is 1. The van der Waals surface area contributed by atoms with Gasteiger partial charge in [0.2, 0.25) is 5.91 Å². The molecule has 1 aliphatic rings. The average molecular weight is 518 g/mol. The first-order valence-corrected chi connectivity index (χ1v) is 12.0. The topological polar surface area (TPSA) is 114 Å². The normalized spacial score (nSPS) is 14.8. The van der Waals surface area contributed by atoms with Gasteiger partial charge in [-0.2, -0.15) is 4.31 Å². The zero-order chi connectivity index (χ0) is 21.6. The minimum Gasteiger partial charge on any atom is -0.484 e. The maximum Gasteiger partial charge on any atom is 0.276 e. The minimum atomic E-state index is -3.59. The molecule has 30 heavy (non-hydrogen) atoms. The minimum absolute atomic E-state index is 0.0584. The number of hydrogen-bond acceptors (Lipinski definition) is 7. The highest BCUT2D eigenvalue weighted by Crippen LogP contribution is 2.25. The number of amides is 2. The van der Waals surface area contributed by atoms with E-state index in [2.05, 4.69) is 26.8 Å². The van der Waals surface area contributed by atoms with E-state index in [0.717, 1.165) is 15.8 Å². The summed E-state index contributed by atoms with van der Waals surface area (Å²) in [6.07, 6.45) is -0.0584. The van der Waals surface area contributed by atoms with Crippen LogP contribution in [-0.4, -0.2) is 57.4 Å². The Labute approximate surface area is 186 Å². The van der Waals surface area contributed by atoms with Gasteiger partial charge in [-0.15, -0.1) is 11.3 Å². The van der Waals surface area contributed by atoms with Crippen molar-refractivity contribution in [1.29, 1.82) is 0 Å². The number of carbonyl (C=O) groups is 2. The van der Waals surface area contributed by atoms with Gasteiger partial charge in [0.15, 0.2) is 6.61 Å². The van der Waals surface area contributed by atoms with Crippen LogP contribution in [0.25, 0.3) is 0 Å². The highest BCUT2D eigenvalue weighted by Gasteiger charge is 2.27. The van der Waals surface area contributed by atoms with Gasteiger partial charge in [0.1, 0.15) is 9.96 Å². The number of carbonyl (C=O) groups excluding carboxylic acids is 2. The zero-order valence-corrected chi connectivity index (χ0v) is 19.0. The average Bonchev–Trinajstić information content (AvgIpc) is 3.22. The molecule has 0 radical (unpaired) electrons. The molecule has 3 rings (SSSR count). The van der Waals surface area contributed by atoms with Crippen LogP contribution in [0.15, 0.2) is 45.1 Å². The summed E-state index contributed by atoms with van der Waals surface area (Å²) in [5, 5.41) is 0. The molecule has 0 saturated carbocycles. The van der Waals surface area contributed by atoms with Gasteiger partial charge in [-0.1, -0.05) is 15.9 Å². The molecule has 9 nitrogen and oxygen atoms in total. The molecule has 2 heterocycles. The van der Waals surface area contributed by atoms with Crippen molar-refractivity contribution in [3.05, 3.63) is 45.7 Å². The molecule has 2 N–H and O–H groups in total. The van der Waals surface area contributed by atoms with E-state index >= 15 is 0 Å². The Bertz CT molecular complexity index is 988. The molecular weight excluding hydrogens is 498 g/mol. The molecule has 0 unspecified atom stereocenters. The van der Waals surface area contributed by atoms with E-state index in [4.69, 9.17) is 9.47 Å².